The molecular formula is C13H13FO2S. The molecule has 90 valence electrons. The van der Waals surface area contributed by atoms with Crippen LogP contribution in [-0.2, 0) is 0 Å². The second kappa shape index (κ2) is 4.94. The van der Waals surface area contributed by atoms with Gasteiger partial charge in [0.05, 0.1) is 17.3 Å². The van der Waals surface area contributed by atoms with Crippen LogP contribution < -0.4 is 0 Å². The smallest absolute Gasteiger partial charge is 0.130 e. The Morgan fingerprint density at radius 1 is 1.29 bits per heavy atom. The molecule has 4 heteroatoms. The van der Waals surface area contributed by atoms with Crippen molar-refractivity contribution in [3.05, 3.63) is 47.7 Å². The van der Waals surface area contributed by atoms with E-state index in [-0.39, 0.29) is 5.82 Å². The number of furan rings is 1. The van der Waals surface area contributed by atoms with Gasteiger partial charge in [0.15, 0.2) is 0 Å². The van der Waals surface area contributed by atoms with Gasteiger partial charge in [0.2, 0.25) is 0 Å². The van der Waals surface area contributed by atoms with Crippen LogP contribution in [0.3, 0.4) is 0 Å². The number of hydrogen-bond donors (Lipinski definition) is 1. The Labute approximate surface area is 103 Å². The van der Waals surface area contributed by atoms with Crippen molar-refractivity contribution in [2.24, 2.45) is 0 Å². The van der Waals surface area contributed by atoms with Crippen LogP contribution in [0.15, 0.2) is 44.7 Å². The van der Waals surface area contributed by atoms with Crippen LogP contribution in [0.5, 0.6) is 0 Å². The minimum Gasteiger partial charge on any atom is -0.468 e. The van der Waals surface area contributed by atoms with Gasteiger partial charge in [-0.15, -0.1) is 0 Å². The van der Waals surface area contributed by atoms with Crippen molar-refractivity contribution in [3.8, 4) is 0 Å². The Morgan fingerprint density at radius 2 is 2.06 bits per heavy atom. The fourth-order valence-corrected chi connectivity index (χ4v) is 2.69. The van der Waals surface area contributed by atoms with Gasteiger partial charge in [-0.1, -0.05) is 17.8 Å². The fourth-order valence-electron chi connectivity index (χ4n) is 1.61. The van der Waals surface area contributed by atoms with Gasteiger partial charge in [-0.2, -0.15) is 0 Å². The molecule has 1 heterocycles. The number of hydrogen-bond acceptors (Lipinski definition) is 3. The molecule has 2 rings (SSSR count). The SMILES string of the molecule is Cc1occc1Sc1cccc(F)c1[C@@H](C)O. The van der Waals surface area contributed by atoms with E-state index in [4.69, 9.17) is 4.42 Å². The van der Waals surface area contributed by atoms with E-state index in [9.17, 15) is 9.50 Å². The first-order chi connectivity index (χ1) is 8.09. The van der Waals surface area contributed by atoms with Crippen LogP contribution >= 0.6 is 11.8 Å². The highest BCUT2D eigenvalue weighted by molar-refractivity contribution is 7.99. The Balaban J connectivity index is 2.39. The molecule has 1 atom stereocenters. The highest BCUT2D eigenvalue weighted by Gasteiger charge is 2.15. The van der Waals surface area contributed by atoms with Crippen LogP contribution in [0.4, 0.5) is 4.39 Å². The lowest BCUT2D eigenvalue weighted by atomic mass is 10.1. The zero-order valence-corrected chi connectivity index (χ0v) is 10.4. The molecule has 1 N–H and O–H groups in total. The summed E-state index contributed by atoms with van der Waals surface area (Å²) in [6.45, 7) is 3.41. The van der Waals surface area contributed by atoms with Crippen LogP contribution in [0, 0.1) is 12.7 Å². The van der Waals surface area contributed by atoms with E-state index in [1.54, 1.807) is 25.3 Å². The fraction of sp³-hybridized carbons (Fsp3) is 0.231. The van der Waals surface area contributed by atoms with Gasteiger partial charge in [-0.05, 0) is 32.0 Å². The highest BCUT2D eigenvalue weighted by atomic mass is 32.2. The highest BCUT2D eigenvalue weighted by Crippen LogP contribution is 2.36. The molecule has 0 unspecified atom stereocenters. The van der Waals surface area contributed by atoms with Gasteiger partial charge < -0.3 is 9.52 Å². The van der Waals surface area contributed by atoms with E-state index in [0.29, 0.717) is 10.5 Å². The van der Waals surface area contributed by atoms with E-state index >= 15 is 0 Å². The molecule has 0 amide bonds. The van der Waals surface area contributed by atoms with Crippen molar-refractivity contribution in [1.29, 1.82) is 0 Å². The summed E-state index contributed by atoms with van der Waals surface area (Å²) in [5, 5.41) is 9.61. The van der Waals surface area contributed by atoms with Crippen LogP contribution in [0.2, 0.25) is 0 Å². The number of aliphatic hydroxyl groups excluding tert-OH is 1. The molecule has 0 radical (unpaired) electrons. The molecular weight excluding hydrogens is 239 g/mol. The first kappa shape index (κ1) is 12.2. The van der Waals surface area contributed by atoms with Gasteiger partial charge in [0, 0.05) is 10.5 Å². The lowest BCUT2D eigenvalue weighted by Gasteiger charge is -2.12. The largest absolute Gasteiger partial charge is 0.468 e. The Morgan fingerprint density at radius 3 is 2.65 bits per heavy atom. The van der Waals surface area contributed by atoms with Gasteiger partial charge >= 0.3 is 0 Å². The zero-order valence-electron chi connectivity index (χ0n) is 9.61. The average molecular weight is 252 g/mol. The summed E-state index contributed by atoms with van der Waals surface area (Å²) in [4.78, 5) is 1.64. The zero-order chi connectivity index (χ0) is 12.4. The van der Waals surface area contributed by atoms with Crippen molar-refractivity contribution in [2.75, 3.05) is 0 Å². The summed E-state index contributed by atoms with van der Waals surface area (Å²) >= 11 is 1.40. The maximum Gasteiger partial charge on any atom is 0.130 e. The third-order valence-corrected chi connectivity index (χ3v) is 3.68. The van der Waals surface area contributed by atoms with Gasteiger partial charge in [-0.3, -0.25) is 0 Å². The Kier molecular flexibility index (Phi) is 3.54. The Hall–Kier alpha value is -1.26. The van der Waals surface area contributed by atoms with E-state index in [2.05, 4.69) is 0 Å². The first-order valence-corrected chi connectivity index (χ1v) is 6.09. The summed E-state index contributed by atoms with van der Waals surface area (Å²) < 4.78 is 18.8. The molecule has 1 aromatic carbocycles. The molecule has 0 saturated carbocycles. The third kappa shape index (κ3) is 2.53. The average Bonchev–Trinajstić information content (AvgIpc) is 2.64. The second-order valence-electron chi connectivity index (χ2n) is 3.77. The normalized spacial score (nSPS) is 12.7. The maximum atomic E-state index is 13.6. The molecule has 0 aliphatic rings. The standard InChI is InChI=1S/C13H13FO2S/c1-8(15)13-10(14)4-3-5-12(13)17-11-6-7-16-9(11)2/h3-8,15H,1-2H3/t8-/m1/s1. The third-order valence-electron chi connectivity index (χ3n) is 2.46. The predicted molar refractivity (Wildman–Crippen MR) is 64.6 cm³/mol. The molecule has 0 spiro atoms. The van der Waals surface area contributed by atoms with Gasteiger partial charge in [0.25, 0.3) is 0 Å². The summed E-state index contributed by atoms with van der Waals surface area (Å²) in [6, 6.07) is 6.62. The first-order valence-electron chi connectivity index (χ1n) is 5.28. The predicted octanol–water partition coefficient (Wildman–Crippen LogP) is 3.93. The molecule has 17 heavy (non-hydrogen) atoms. The summed E-state index contributed by atoms with van der Waals surface area (Å²) in [6.07, 6.45) is 0.768. The van der Waals surface area contributed by atoms with Gasteiger partial charge in [-0.25, -0.2) is 4.39 Å². The molecule has 0 fully saturated rings. The molecule has 1 aromatic heterocycles. The van der Waals surface area contributed by atoms with Crippen molar-refractivity contribution in [3.63, 3.8) is 0 Å². The van der Waals surface area contributed by atoms with Crippen molar-refractivity contribution in [1.82, 2.24) is 0 Å². The molecule has 0 saturated heterocycles. The van der Waals surface area contributed by atoms with E-state index in [1.807, 2.05) is 13.0 Å². The molecule has 0 aliphatic heterocycles. The van der Waals surface area contributed by atoms with E-state index < -0.39 is 6.10 Å². The summed E-state index contributed by atoms with van der Waals surface area (Å²) in [5.41, 5.74) is 0.332. The topological polar surface area (TPSA) is 33.4 Å². The number of halogens is 1. The Bertz CT molecular complexity index is 520. The maximum absolute atomic E-state index is 13.6. The quantitative estimate of drug-likeness (QED) is 0.898. The number of rotatable bonds is 3. The lowest BCUT2D eigenvalue weighted by molar-refractivity contribution is 0.191. The minimum absolute atomic E-state index is 0.332. The number of aryl methyl sites for hydroxylation is 1. The van der Waals surface area contributed by atoms with E-state index in [0.717, 1.165) is 10.7 Å². The van der Waals surface area contributed by atoms with Crippen molar-refractivity contribution >= 4 is 11.8 Å². The molecule has 0 aliphatic carbocycles. The molecule has 2 nitrogen and oxygen atoms in total. The van der Waals surface area contributed by atoms with Crippen LogP contribution in [0.1, 0.15) is 24.4 Å². The number of benzene rings is 1. The summed E-state index contributed by atoms with van der Waals surface area (Å²) in [5.74, 6) is 0.405. The van der Waals surface area contributed by atoms with Gasteiger partial charge in [0.1, 0.15) is 11.6 Å². The van der Waals surface area contributed by atoms with E-state index in [1.165, 1.54) is 17.8 Å². The lowest BCUT2D eigenvalue weighted by Crippen LogP contribution is -1.98. The monoisotopic (exact) mass is 252 g/mol. The molecule has 0 bridgehead atoms. The second-order valence-corrected chi connectivity index (χ2v) is 4.85. The number of aliphatic hydroxyl groups is 1. The van der Waals surface area contributed by atoms with Crippen molar-refractivity contribution in [2.45, 2.75) is 29.7 Å². The van der Waals surface area contributed by atoms with Crippen LogP contribution in [-0.4, -0.2) is 5.11 Å². The minimum atomic E-state index is -0.828. The molecule has 2 aromatic rings. The van der Waals surface area contributed by atoms with Crippen LogP contribution in [0.25, 0.3) is 0 Å². The van der Waals surface area contributed by atoms with Crippen molar-refractivity contribution < 1.29 is 13.9 Å². The summed E-state index contributed by atoms with van der Waals surface area (Å²) in [7, 11) is 0.